The van der Waals surface area contributed by atoms with Crippen LogP contribution < -0.4 is 16.6 Å². The first-order valence-electron chi connectivity index (χ1n) is 6.29. The lowest BCUT2D eigenvalue weighted by Gasteiger charge is -2.08. The molecule has 0 saturated carbocycles. The molecule has 2 aromatic rings. The van der Waals surface area contributed by atoms with Crippen molar-refractivity contribution >= 4 is 34.8 Å². The number of nitrogens with one attached hydrogen (secondary N) is 2. The van der Waals surface area contributed by atoms with E-state index in [2.05, 4.69) is 10.9 Å². The molecule has 23 heavy (non-hydrogen) atoms. The Morgan fingerprint density at radius 1 is 1.09 bits per heavy atom. The van der Waals surface area contributed by atoms with Crippen LogP contribution in [0.2, 0.25) is 5.02 Å². The van der Waals surface area contributed by atoms with Crippen molar-refractivity contribution in [3.8, 4) is 0 Å². The molecule has 0 atom stereocenters. The summed E-state index contributed by atoms with van der Waals surface area (Å²) in [5, 5.41) is 11.0. The third-order valence-corrected chi connectivity index (χ3v) is 3.23. The summed E-state index contributed by atoms with van der Waals surface area (Å²) >= 11 is 5.86. The molecule has 2 rings (SSSR count). The number of benzene rings is 2. The highest BCUT2D eigenvalue weighted by molar-refractivity contribution is 6.33. The zero-order chi connectivity index (χ0) is 17.0. The third-order valence-electron chi connectivity index (χ3n) is 2.90. The normalized spacial score (nSPS) is 9.96. The van der Waals surface area contributed by atoms with E-state index < -0.39 is 22.4 Å². The topological polar surface area (TPSA) is 127 Å². The summed E-state index contributed by atoms with van der Waals surface area (Å²) in [6.45, 7) is 0. The number of nitrogens with zero attached hydrogens (tertiary/aromatic N) is 1. The van der Waals surface area contributed by atoms with E-state index in [9.17, 15) is 19.7 Å². The van der Waals surface area contributed by atoms with E-state index in [-0.39, 0.29) is 21.8 Å². The zero-order valence-electron chi connectivity index (χ0n) is 11.6. The van der Waals surface area contributed by atoms with E-state index in [0.717, 1.165) is 6.07 Å². The molecule has 2 aromatic carbocycles. The fraction of sp³-hybridized carbons (Fsp3) is 0. The Bertz CT molecular complexity index is 794. The minimum atomic E-state index is -0.728. The van der Waals surface area contributed by atoms with Crippen LogP contribution in [0.25, 0.3) is 0 Å². The molecule has 0 unspecified atom stereocenters. The van der Waals surface area contributed by atoms with E-state index in [1.165, 1.54) is 24.3 Å². The highest BCUT2D eigenvalue weighted by Crippen LogP contribution is 2.22. The first-order valence-corrected chi connectivity index (χ1v) is 6.67. The van der Waals surface area contributed by atoms with Gasteiger partial charge < -0.3 is 5.73 Å². The van der Waals surface area contributed by atoms with E-state index in [4.69, 9.17) is 17.3 Å². The Kier molecular flexibility index (Phi) is 4.77. The Morgan fingerprint density at radius 3 is 2.39 bits per heavy atom. The van der Waals surface area contributed by atoms with Gasteiger partial charge in [-0.15, -0.1) is 0 Å². The summed E-state index contributed by atoms with van der Waals surface area (Å²) in [6.07, 6.45) is 0. The number of nitro groups is 1. The molecule has 0 radical (unpaired) electrons. The number of halogens is 1. The number of nitro benzene ring substituents is 1. The number of rotatable bonds is 3. The molecule has 8 nitrogen and oxygen atoms in total. The van der Waals surface area contributed by atoms with Gasteiger partial charge in [-0.1, -0.05) is 23.7 Å². The van der Waals surface area contributed by atoms with Crippen LogP contribution in [0.15, 0.2) is 42.5 Å². The number of nitrogen functional groups attached to an aromatic ring is 1. The predicted octanol–water partition coefficient (Wildman–Crippen LogP) is 1.91. The summed E-state index contributed by atoms with van der Waals surface area (Å²) in [5.74, 6) is -1.35. The van der Waals surface area contributed by atoms with Crippen molar-refractivity contribution in [3.63, 3.8) is 0 Å². The van der Waals surface area contributed by atoms with E-state index >= 15 is 0 Å². The summed E-state index contributed by atoms with van der Waals surface area (Å²) in [4.78, 5) is 33.9. The van der Waals surface area contributed by atoms with E-state index in [0.29, 0.717) is 0 Å². The Balaban J connectivity index is 2.08. The first kappa shape index (κ1) is 16.2. The minimum Gasteiger partial charge on any atom is -0.393 e. The van der Waals surface area contributed by atoms with Crippen LogP contribution in [-0.4, -0.2) is 16.7 Å². The number of hydrogen-bond donors (Lipinski definition) is 3. The fourth-order valence-corrected chi connectivity index (χ4v) is 1.96. The van der Waals surface area contributed by atoms with Crippen molar-refractivity contribution in [2.45, 2.75) is 0 Å². The molecule has 0 bridgehead atoms. The van der Waals surface area contributed by atoms with Gasteiger partial charge in [-0.05, 0) is 24.3 Å². The maximum absolute atomic E-state index is 11.9. The molecule has 2 amide bonds. The van der Waals surface area contributed by atoms with Gasteiger partial charge in [-0.3, -0.25) is 30.6 Å². The molecule has 0 spiro atoms. The molecule has 0 fully saturated rings. The number of carbonyl (C=O) groups is 2. The summed E-state index contributed by atoms with van der Waals surface area (Å²) in [7, 11) is 0. The number of anilines is 1. The molecule has 9 heteroatoms. The Morgan fingerprint density at radius 2 is 1.74 bits per heavy atom. The molecule has 0 heterocycles. The van der Waals surface area contributed by atoms with Crippen LogP contribution in [0.4, 0.5) is 11.4 Å². The van der Waals surface area contributed by atoms with Gasteiger partial charge in [0.15, 0.2) is 0 Å². The Labute approximate surface area is 135 Å². The smallest absolute Gasteiger partial charge is 0.292 e. The molecule has 0 saturated heterocycles. The lowest BCUT2D eigenvalue weighted by Crippen LogP contribution is -2.41. The average Bonchev–Trinajstić information content (AvgIpc) is 2.52. The highest BCUT2D eigenvalue weighted by Gasteiger charge is 2.16. The first-order chi connectivity index (χ1) is 10.9. The third kappa shape index (κ3) is 3.74. The molecule has 118 valence electrons. The number of hydrogen-bond acceptors (Lipinski definition) is 5. The van der Waals surface area contributed by atoms with Gasteiger partial charge in [0.1, 0.15) is 5.69 Å². The van der Waals surface area contributed by atoms with Crippen LogP contribution in [0, 0.1) is 10.1 Å². The maximum Gasteiger partial charge on any atom is 0.292 e. The lowest BCUT2D eigenvalue weighted by atomic mass is 10.1. The van der Waals surface area contributed by atoms with Crippen molar-refractivity contribution in [1.82, 2.24) is 10.9 Å². The van der Waals surface area contributed by atoms with Crippen LogP contribution in [-0.2, 0) is 0 Å². The van der Waals surface area contributed by atoms with Crippen LogP contribution in [0.5, 0.6) is 0 Å². The SMILES string of the molecule is Nc1ccc(C(=O)NNC(=O)c2ccccc2Cl)cc1[N+](=O)[O-]. The summed E-state index contributed by atoms with van der Waals surface area (Å²) < 4.78 is 0. The zero-order valence-corrected chi connectivity index (χ0v) is 12.3. The number of amides is 2. The average molecular weight is 335 g/mol. The van der Waals surface area contributed by atoms with Crippen LogP contribution in [0.3, 0.4) is 0 Å². The quantitative estimate of drug-likeness (QED) is 0.449. The van der Waals surface area contributed by atoms with Crippen molar-refractivity contribution in [2.75, 3.05) is 5.73 Å². The molecule has 0 aliphatic rings. The fourth-order valence-electron chi connectivity index (χ4n) is 1.74. The van der Waals surface area contributed by atoms with E-state index in [1.807, 2.05) is 0 Å². The summed E-state index contributed by atoms with van der Waals surface area (Å²) in [6, 6.07) is 9.85. The molecular weight excluding hydrogens is 324 g/mol. The molecule has 0 aromatic heterocycles. The highest BCUT2D eigenvalue weighted by atomic mass is 35.5. The van der Waals surface area contributed by atoms with Crippen molar-refractivity contribution < 1.29 is 14.5 Å². The van der Waals surface area contributed by atoms with Crippen molar-refractivity contribution in [3.05, 3.63) is 68.7 Å². The number of nitrogens with two attached hydrogens (primary N) is 1. The van der Waals surface area contributed by atoms with Crippen molar-refractivity contribution in [2.24, 2.45) is 0 Å². The van der Waals surface area contributed by atoms with Crippen molar-refractivity contribution in [1.29, 1.82) is 0 Å². The minimum absolute atomic E-state index is 0.0228. The largest absolute Gasteiger partial charge is 0.393 e. The molecular formula is C14H11ClN4O4. The standard InChI is InChI=1S/C14H11ClN4O4/c15-10-4-2-1-3-9(10)14(21)18-17-13(20)8-5-6-11(16)12(7-8)19(22)23/h1-7H,16H2,(H,17,20)(H,18,21). The van der Waals surface area contributed by atoms with Crippen LogP contribution >= 0.6 is 11.6 Å². The Hall–Kier alpha value is -3.13. The van der Waals surface area contributed by atoms with Crippen LogP contribution in [0.1, 0.15) is 20.7 Å². The van der Waals surface area contributed by atoms with Gasteiger partial charge in [0.05, 0.1) is 15.5 Å². The molecule has 0 aliphatic carbocycles. The van der Waals surface area contributed by atoms with Gasteiger partial charge in [-0.2, -0.15) is 0 Å². The summed E-state index contributed by atoms with van der Waals surface area (Å²) in [5.41, 5.74) is 9.47. The second-order valence-corrected chi connectivity index (χ2v) is 4.83. The number of hydrazine groups is 1. The second kappa shape index (κ2) is 6.75. The second-order valence-electron chi connectivity index (χ2n) is 4.42. The number of carbonyl (C=O) groups excluding carboxylic acids is 2. The maximum atomic E-state index is 11.9. The molecule has 4 N–H and O–H groups in total. The van der Waals surface area contributed by atoms with Gasteiger partial charge in [0, 0.05) is 11.6 Å². The molecule has 0 aliphatic heterocycles. The monoisotopic (exact) mass is 334 g/mol. The van der Waals surface area contributed by atoms with E-state index in [1.54, 1.807) is 12.1 Å². The van der Waals surface area contributed by atoms with Gasteiger partial charge in [0.2, 0.25) is 0 Å². The lowest BCUT2D eigenvalue weighted by molar-refractivity contribution is -0.383. The van der Waals surface area contributed by atoms with Gasteiger partial charge in [-0.25, -0.2) is 0 Å². The predicted molar refractivity (Wildman–Crippen MR) is 83.9 cm³/mol. The van der Waals surface area contributed by atoms with Gasteiger partial charge in [0.25, 0.3) is 17.5 Å². The van der Waals surface area contributed by atoms with Gasteiger partial charge >= 0.3 is 0 Å².